The average molecular weight is 417 g/mol. The van der Waals surface area contributed by atoms with Crippen molar-refractivity contribution in [2.24, 2.45) is 7.05 Å². The number of unbranched alkanes of at least 4 members (excludes halogenated alkanes) is 1. The molecule has 156 valence electrons. The van der Waals surface area contributed by atoms with E-state index in [1.165, 1.54) is 20.0 Å². The molecule has 8 heteroatoms. The highest BCUT2D eigenvalue weighted by Crippen LogP contribution is 2.44. The standard InChI is InChI=1S/C17H18N3O4P.C4H10/c1-20-16(14-8-10-18-11-9-14)15(13-6-4-3-5-7-13)19-17(20)24-25(21,22)12-23-2;1-3-4-2/h3-11H,12H2,1-2H3,(H,21,22);3-4H2,1-2H3. The van der Waals surface area contributed by atoms with Crippen LogP contribution in [0.5, 0.6) is 6.01 Å². The Labute approximate surface area is 171 Å². The van der Waals surface area contributed by atoms with Crippen LogP contribution in [0, 0.1) is 0 Å². The van der Waals surface area contributed by atoms with Crippen LogP contribution in [0.4, 0.5) is 0 Å². The third-order valence-corrected chi connectivity index (χ3v) is 5.10. The summed E-state index contributed by atoms with van der Waals surface area (Å²) in [5, 5.41) is 0. The number of hydrogen-bond acceptors (Lipinski definition) is 5. The summed E-state index contributed by atoms with van der Waals surface area (Å²) in [6.07, 6.45) is 5.59. The molecule has 1 atom stereocenters. The van der Waals surface area contributed by atoms with Crippen LogP contribution in [0.3, 0.4) is 0 Å². The van der Waals surface area contributed by atoms with Crippen LogP contribution in [0.15, 0.2) is 54.9 Å². The van der Waals surface area contributed by atoms with Crippen molar-refractivity contribution >= 4 is 7.60 Å². The van der Waals surface area contributed by atoms with Gasteiger partial charge in [-0.3, -0.25) is 9.55 Å². The maximum Gasteiger partial charge on any atom is 0.404 e. The Bertz CT molecular complexity index is 928. The summed E-state index contributed by atoms with van der Waals surface area (Å²) in [6, 6.07) is 13.3. The fourth-order valence-electron chi connectivity index (χ4n) is 2.51. The lowest BCUT2D eigenvalue weighted by molar-refractivity contribution is 0.217. The van der Waals surface area contributed by atoms with Crippen molar-refractivity contribution in [2.45, 2.75) is 26.7 Å². The number of ether oxygens (including phenoxy) is 1. The van der Waals surface area contributed by atoms with Gasteiger partial charge in [0.05, 0.1) is 5.69 Å². The predicted octanol–water partition coefficient (Wildman–Crippen LogP) is 5.12. The van der Waals surface area contributed by atoms with E-state index in [0.29, 0.717) is 5.69 Å². The van der Waals surface area contributed by atoms with Gasteiger partial charge in [-0.15, -0.1) is 0 Å². The highest BCUT2D eigenvalue weighted by molar-refractivity contribution is 7.53. The molecule has 0 saturated heterocycles. The van der Waals surface area contributed by atoms with Crippen LogP contribution in [0.1, 0.15) is 26.7 Å². The normalized spacial score (nSPS) is 12.6. The minimum absolute atomic E-state index is 0.0496. The highest BCUT2D eigenvalue weighted by atomic mass is 31.2. The zero-order chi connectivity index (χ0) is 21.3. The average Bonchev–Trinajstić information content (AvgIpc) is 3.05. The lowest BCUT2D eigenvalue weighted by Crippen LogP contribution is -2.03. The van der Waals surface area contributed by atoms with E-state index in [4.69, 9.17) is 9.26 Å². The van der Waals surface area contributed by atoms with Crippen molar-refractivity contribution in [1.82, 2.24) is 14.5 Å². The molecule has 1 unspecified atom stereocenters. The molecule has 0 bridgehead atoms. The molecule has 0 spiro atoms. The molecule has 2 aromatic heterocycles. The Morgan fingerprint density at radius 3 is 2.21 bits per heavy atom. The number of pyridine rings is 1. The maximum absolute atomic E-state index is 12.1. The molecular weight excluding hydrogens is 389 g/mol. The molecule has 0 radical (unpaired) electrons. The van der Waals surface area contributed by atoms with Crippen LogP contribution >= 0.6 is 7.60 Å². The first-order valence-electron chi connectivity index (χ1n) is 9.46. The van der Waals surface area contributed by atoms with Crippen molar-refractivity contribution in [1.29, 1.82) is 0 Å². The zero-order valence-corrected chi connectivity index (χ0v) is 18.2. The number of hydrogen-bond donors (Lipinski definition) is 1. The molecule has 3 aromatic rings. The molecule has 7 nitrogen and oxygen atoms in total. The Kier molecular flexibility index (Phi) is 8.58. The molecule has 29 heavy (non-hydrogen) atoms. The van der Waals surface area contributed by atoms with E-state index >= 15 is 0 Å². The van der Waals surface area contributed by atoms with Crippen molar-refractivity contribution in [2.75, 3.05) is 13.5 Å². The van der Waals surface area contributed by atoms with Gasteiger partial charge >= 0.3 is 13.6 Å². The molecule has 0 fully saturated rings. The Hall–Kier alpha value is -2.47. The third-order valence-electron chi connectivity index (χ3n) is 4.07. The lowest BCUT2D eigenvalue weighted by Gasteiger charge is -2.12. The Balaban J connectivity index is 0.000000687. The van der Waals surface area contributed by atoms with Crippen molar-refractivity contribution in [3.8, 4) is 28.5 Å². The number of aromatic nitrogens is 3. The minimum atomic E-state index is -3.95. The first-order valence-corrected chi connectivity index (χ1v) is 11.2. The monoisotopic (exact) mass is 417 g/mol. The van der Waals surface area contributed by atoms with Crippen LogP contribution < -0.4 is 4.52 Å². The predicted molar refractivity (Wildman–Crippen MR) is 115 cm³/mol. The number of nitrogens with zero attached hydrogens (tertiary/aromatic N) is 3. The van der Waals surface area contributed by atoms with E-state index in [1.807, 2.05) is 42.5 Å². The molecule has 0 amide bonds. The molecule has 0 aliphatic heterocycles. The highest BCUT2D eigenvalue weighted by Gasteiger charge is 2.26. The number of methoxy groups -OCH3 is 1. The molecular formula is C21H28N3O4P. The van der Waals surface area contributed by atoms with Gasteiger partial charge in [0.2, 0.25) is 0 Å². The topological polar surface area (TPSA) is 86.5 Å². The van der Waals surface area contributed by atoms with E-state index in [-0.39, 0.29) is 6.01 Å². The molecule has 1 aromatic carbocycles. The van der Waals surface area contributed by atoms with E-state index in [1.54, 1.807) is 24.0 Å². The second-order valence-corrected chi connectivity index (χ2v) is 8.11. The number of rotatable bonds is 7. The summed E-state index contributed by atoms with van der Waals surface area (Å²) in [5.41, 5.74) is 3.17. The minimum Gasteiger partial charge on any atom is -0.389 e. The molecule has 2 heterocycles. The molecule has 0 saturated carbocycles. The first kappa shape index (κ1) is 22.8. The number of benzene rings is 1. The maximum atomic E-state index is 12.1. The summed E-state index contributed by atoms with van der Waals surface area (Å²) in [4.78, 5) is 18.4. The van der Waals surface area contributed by atoms with Crippen LogP contribution in [0.2, 0.25) is 0 Å². The van der Waals surface area contributed by atoms with E-state index in [0.717, 1.165) is 16.8 Å². The fraction of sp³-hybridized carbons (Fsp3) is 0.333. The Morgan fingerprint density at radius 1 is 1.03 bits per heavy atom. The quantitative estimate of drug-likeness (QED) is 0.537. The first-order chi connectivity index (χ1) is 13.9. The molecule has 3 rings (SSSR count). The fourth-order valence-corrected chi connectivity index (χ4v) is 3.31. The second-order valence-electron chi connectivity index (χ2n) is 6.40. The van der Waals surface area contributed by atoms with Crippen molar-refractivity contribution in [3.63, 3.8) is 0 Å². The van der Waals surface area contributed by atoms with Crippen LogP contribution in [-0.4, -0.2) is 32.9 Å². The molecule has 1 N–H and O–H groups in total. The van der Waals surface area contributed by atoms with Gasteiger partial charge in [-0.25, -0.2) is 4.57 Å². The smallest absolute Gasteiger partial charge is 0.389 e. The van der Waals surface area contributed by atoms with Gasteiger partial charge in [0.1, 0.15) is 5.69 Å². The van der Waals surface area contributed by atoms with Gasteiger partial charge in [0.25, 0.3) is 0 Å². The lowest BCUT2D eigenvalue weighted by atomic mass is 10.1. The Morgan fingerprint density at radius 2 is 1.66 bits per heavy atom. The van der Waals surface area contributed by atoms with Gasteiger partial charge < -0.3 is 14.2 Å². The van der Waals surface area contributed by atoms with Gasteiger partial charge in [-0.2, -0.15) is 4.98 Å². The van der Waals surface area contributed by atoms with E-state index in [9.17, 15) is 9.46 Å². The van der Waals surface area contributed by atoms with Crippen LogP contribution in [-0.2, 0) is 16.3 Å². The largest absolute Gasteiger partial charge is 0.404 e. The van der Waals surface area contributed by atoms with Gasteiger partial charge in [0, 0.05) is 37.7 Å². The molecule has 0 aliphatic carbocycles. The summed E-state index contributed by atoms with van der Waals surface area (Å²) in [5.74, 6) is 0. The van der Waals surface area contributed by atoms with Gasteiger partial charge in [-0.1, -0.05) is 57.0 Å². The van der Waals surface area contributed by atoms with Crippen LogP contribution in [0.25, 0.3) is 22.5 Å². The molecule has 0 aliphatic rings. The van der Waals surface area contributed by atoms with Crippen molar-refractivity contribution < 1.29 is 18.7 Å². The zero-order valence-electron chi connectivity index (χ0n) is 17.3. The van der Waals surface area contributed by atoms with E-state index in [2.05, 4.69) is 23.8 Å². The third kappa shape index (κ3) is 6.26. The van der Waals surface area contributed by atoms with E-state index < -0.39 is 13.9 Å². The summed E-state index contributed by atoms with van der Waals surface area (Å²) >= 11 is 0. The van der Waals surface area contributed by atoms with Gasteiger partial charge in [-0.05, 0) is 12.1 Å². The summed E-state index contributed by atoms with van der Waals surface area (Å²) < 4.78 is 23.7. The SMILES string of the molecule is CCCC.COCP(=O)(O)Oc1nc(-c2ccccc2)c(-c2ccncc2)n1C. The number of imidazole rings is 1. The summed E-state index contributed by atoms with van der Waals surface area (Å²) in [7, 11) is -0.880. The summed E-state index contributed by atoms with van der Waals surface area (Å²) in [6.45, 7) is 4.36. The van der Waals surface area contributed by atoms with Gasteiger partial charge in [0.15, 0.2) is 6.35 Å². The second kappa shape index (κ2) is 10.9. The van der Waals surface area contributed by atoms with Crippen molar-refractivity contribution in [3.05, 3.63) is 54.9 Å².